The molecule has 2 N–H and O–H groups in total. The summed E-state index contributed by atoms with van der Waals surface area (Å²) in [6.07, 6.45) is 5.52. The van der Waals surface area contributed by atoms with Gasteiger partial charge >= 0.3 is 0 Å². The molecule has 3 rings (SSSR count). The number of rotatable bonds is 6. The Bertz CT molecular complexity index is 577. The summed E-state index contributed by atoms with van der Waals surface area (Å²) in [5.41, 5.74) is 5.71. The average Bonchev–Trinajstić information content (AvgIpc) is 2.71. The maximum atomic E-state index is 5.36. The number of morpholine rings is 1. The van der Waals surface area contributed by atoms with E-state index in [4.69, 9.17) is 17.0 Å². The van der Waals surface area contributed by atoms with Gasteiger partial charge in [-0.3, -0.25) is 10.3 Å². The van der Waals surface area contributed by atoms with Crippen LogP contribution < -0.4 is 10.7 Å². The Morgan fingerprint density at radius 2 is 1.88 bits per heavy atom. The Balaban J connectivity index is 1.29. The van der Waals surface area contributed by atoms with Crippen molar-refractivity contribution in [2.45, 2.75) is 38.0 Å². The molecule has 0 amide bonds. The zero-order valence-electron chi connectivity index (χ0n) is 15.5. The second-order valence-electron chi connectivity index (χ2n) is 7.04. The monoisotopic (exact) mass is 374 g/mol. The highest BCUT2D eigenvalue weighted by Crippen LogP contribution is 2.31. The average molecular weight is 375 g/mol. The maximum absolute atomic E-state index is 5.36. The van der Waals surface area contributed by atoms with Crippen LogP contribution in [-0.4, -0.2) is 55.1 Å². The van der Waals surface area contributed by atoms with Crippen molar-refractivity contribution in [3.05, 3.63) is 35.9 Å². The molecule has 0 spiro atoms. The SMILES string of the molecule is S=C(NCCCN1CCOCC1)NN=C1CCC(c2ccccc2)CC1. The Labute approximate surface area is 162 Å². The summed E-state index contributed by atoms with van der Waals surface area (Å²) in [5, 5.41) is 8.40. The van der Waals surface area contributed by atoms with Crippen LogP contribution in [0, 0.1) is 0 Å². The van der Waals surface area contributed by atoms with E-state index in [9.17, 15) is 0 Å². The minimum atomic E-state index is 0.629. The number of nitrogens with zero attached hydrogens (tertiary/aromatic N) is 2. The zero-order valence-corrected chi connectivity index (χ0v) is 16.3. The molecule has 0 bridgehead atoms. The molecule has 142 valence electrons. The molecule has 1 aromatic carbocycles. The van der Waals surface area contributed by atoms with Crippen molar-refractivity contribution in [2.75, 3.05) is 39.4 Å². The van der Waals surface area contributed by atoms with E-state index < -0.39 is 0 Å². The molecular weight excluding hydrogens is 344 g/mol. The van der Waals surface area contributed by atoms with E-state index in [1.54, 1.807) is 0 Å². The lowest BCUT2D eigenvalue weighted by Crippen LogP contribution is -2.39. The van der Waals surface area contributed by atoms with Gasteiger partial charge in [-0.25, -0.2) is 0 Å². The normalized spacial score (nSPS) is 21.2. The lowest BCUT2D eigenvalue weighted by molar-refractivity contribution is 0.0376. The summed E-state index contributed by atoms with van der Waals surface area (Å²) in [5.74, 6) is 0.667. The molecule has 5 nitrogen and oxygen atoms in total. The lowest BCUT2D eigenvalue weighted by Gasteiger charge is -2.26. The molecule has 2 aliphatic rings. The van der Waals surface area contributed by atoms with Crippen LogP contribution in [0.2, 0.25) is 0 Å². The van der Waals surface area contributed by atoms with Crippen LogP contribution in [0.15, 0.2) is 35.4 Å². The lowest BCUT2D eigenvalue weighted by atomic mass is 9.83. The highest BCUT2D eigenvalue weighted by Gasteiger charge is 2.19. The molecule has 6 heteroatoms. The summed E-state index contributed by atoms with van der Waals surface area (Å²) in [6.45, 7) is 5.77. The second-order valence-corrected chi connectivity index (χ2v) is 7.45. The first kappa shape index (κ1) is 19.3. The fourth-order valence-corrected chi connectivity index (χ4v) is 3.77. The number of hydrogen-bond acceptors (Lipinski definition) is 4. The van der Waals surface area contributed by atoms with E-state index in [-0.39, 0.29) is 0 Å². The molecule has 1 aliphatic heterocycles. The van der Waals surface area contributed by atoms with Crippen LogP contribution in [0.4, 0.5) is 0 Å². The fraction of sp³-hybridized carbons (Fsp3) is 0.600. The topological polar surface area (TPSA) is 48.9 Å². The van der Waals surface area contributed by atoms with Crippen LogP contribution in [0.3, 0.4) is 0 Å². The van der Waals surface area contributed by atoms with Crippen molar-refractivity contribution < 1.29 is 4.74 Å². The van der Waals surface area contributed by atoms with Crippen molar-refractivity contribution in [1.29, 1.82) is 0 Å². The maximum Gasteiger partial charge on any atom is 0.186 e. The van der Waals surface area contributed by atoms with E-state index in [0.717, 1.165) is 58.7 Å². The fourth-order valence-electron chi connectivity index (χ4n) is 3.62. The summed E-state index contributed by atoms with van der Waals surface area (Å²) in [4.78, 5) is 2.44. The van der Waals surface area contributed by atoms with Gasteiger partial charge in [0, 0.05) is 25.3 Å². The van der Waals surface area contributed by atoms with E-state index in [0.29, 0.717) is 11.0 Å². The first-order valence-electron chi connectivity index (χ1n) is 9.75. The van der Waals surface area contributed by atoms with Gasteiger partial charge in [-0.1, -0.05) is 30.3 Å². The van der Waals surface area contributed by atoms with E-state index >= 15 is 0 Å². The first-order valence-corrected chi connectivity index (χ1v) is 10.2. The molecule has 2 fully saturated rings. The van der Waals surface area contributed by atoms with Crippen LogP contribution in [-0.2, 0) is 4.74 Å². The van der Waals surface area contributed by atoms with Gasteiger partial charge in [-0.15, -0.1) is 0 Å². The van der Waals surface area contributed by atoms with Crippen molar-refractivity contribution >= 4 is 23.0 Å². The zero-order chi connectivity index (χ0) is 18.0. The number of nitrogens with one attached hydrogen (secondary N) is 2. The Morgan fingerprint density at radius 1 is 1.15 bits per heavy atom. The number of thiocarbonyl (C=S) groups is 1. The Kier molecular flexibility index (Phi) is 7.86. The highest BCUT2D eigenvalue weighted by atomic mass is 32.1. The van der Waals surface area contributed by atoms with E-state index in [1.807, 2.05) is 0 Å². The summed E-state index contributed by atoms with van der Waals surface area (Å²) in [7, 11) is 0. The molecule has 1 saturated heterocycles. The second kappa shape index (κ2) is 10.6. The third kappa shape index (κ3) is 6.34. The third-order valence-corrected chi connectivity index (χ3v) is 5.43. The van der Waals surface area contributed by atoms with Crippen LogP contribution in [0.5, 0.6) is 0 Å². The smallest absolute Gasteiger partial charge is 0.186 e. The molecule has 0 unspecified atom stereocenters. The minimum absolute atomic E-state index is 0.629. The Hall–Kier alpha value is -1.50. The molecular formula is C20H30N4OS. The highest BCUT2D eigenvalue weighted by molar-refractivity contribution is 7.80. The van der Waals surface area contributed by atoms with Gasteiger partial charge in [0.2, 0.25) is 0 Å². The van der Waals surface area contributed by atoms with E-state index in [2.05, 4.69) is 51.1 Å². The summed E-state index contributed by atoms with van der Waals surface area (Å²) >= 11 is 5.33. The van der Waals surface area contributed by atoms with Crippen molar-refractivity contribution in [3.8, 4) is 0 Å². The molecule has 0 radical (unpaired) electrons. The van der Waals surface area contributed by atoms with Crippen molar-refractivity contribution in [3.63, 3.8) is 0 Å². The minimum Gasteiger partial charge on any atom is -0.379 e. The van der Waals surface area contributed by atoms with Crippen molar-refractivity contribution in [1.82, 2.24) is 15.6 Å². The predicted molar refractivity (Wildman–Crippen MR) is 111 cm³/mol. The number of hydrogen-bond donors (Lipinski definition) is 2. The number of benzene rings is 1. The quantitative estimate of drug-likeness (QED) is 0.456. The van der Waals surface area contributed by atoms with Crippen molar-refractivity contribution in [2.24, 2.45) is 5.10 Å². The van der Waals surface area contributed by atoms with Crippen LogP contribution in [0.25, 0.3) is 0 Å². The molecule has 1 saturated carbocycles. The number of ether oxygens (including phenoxy) is 1. The van der Waals surface area contributed by atoms with Gasteiger partial charge in [0.05, 0.1) is 13.2 Å². The van der Waals surface area contributed by atoms with Gasteiger partial charge in [0.15, 0.2) is 5.11 Å². The first-order chi connectivity index (χ1) is 12.8. The van der Waals surface area contributed by atoms with E-state index in [1.165, 1.54) is 24.1 Å². The van der Waals surface area contributed by atoms with Gasteiger partial charge in [-0.2, -0.15) is 5.10 Å². The van der Waals surface area contributed by atoms with Gasteiger partial charge < -0.3 is 10.1 Å². The molecule has 26 heavy (non-hydrogen) atoms. The van der Waals surface area contributed by atoms with Gasteiger partial charge in [0.25, 0.3) is 0 Å². The largest absolute Gasteiger partial charge is 0.379 e. The molecule has 1 aliphatic carbocycles. The third-order valence-electron chi connectivity index (χ3n) is 5.19. The summed E-state index contributed by atoms with van der Waals surface area (Å²) in [6, 6.07) is 10.8. The van der Waals surface area contributed by atoms with Gasteiger partial charge in [0.1, 0.15) is 0 Å². The standard InChI is InChI=1S/C20H30N4OS/c26-20(21-11-4-12-24-13-15-25-16-14-24)23-22-19-9-7-18(8-10-19)17-5-2-1-3-6-17/h1-3,5-6,18H,4,7-16H2,(H2,21,23,26). The molecule has 1 aromatic rings. The molecule has 1 heterocycles. The summed E-state index contributed by atoms with van der Waals surface area (Å²) < 4.78 is 5.36. The van der Waals surface area contributed by atoms with Gasteiger partial charge in [-0.05, 0) is 62.3 Å². The van der Waals surface area contributed by atoms with Crippen LogP contribution in [0.1, 0.15) is 43.6 Å². The molecule has 0 atom stereocenters. The Morgan fingerprint density at radius 3 is 2.62 bits per heavy atom. The predicted octanol–water partition coefficient (Wildman–Crippen LogP) is 2.89. The van der Waals surface area contributed by atoms with Crippen LogP contribution >= 0.6 is 12.2 Å². The number of hydrazone groups is 1. The molecule has 0 aromatic heterocycles.